The number of rotatable bonds is 7. The van der Waals surface area contributed by atoms with Crippen LogP contribution in [-0.2, 0) is 16.1 Å². The third kappa shape index (κ3) is 5.26. The smallest absolute Gasteiger partial charge is 0.225 e. The molecule has 1 aromatic heterocycles. The Morgan fingerprint density at radius 3 is 2.93 bits per heavy atom. The zero-order valence-corrected chi connectivity index (χ0v) is 14.9. The third-order valence-corrected chi connectivity index (χ3v) is 4.49. The lowest BCUT2D eigenvalue weighted by atomic mass is 9.96. The van der Waals surface area contributed by atoms with Gasteiger partial charge in [0.15, 0.2) is 0 Å². The second-order valence-corrected chi connectivity index (χ2v) is 6.43. The van der Waals surface area contributed by atoms with E-state index in [0.717, 1.165) is 0 Å². The number of nitrogens with one attached hydrogen (secondary N) is 1. The Kier molecular flexibility index (Phi) is 6.35. The number of nitrogens with zero attached hydrogens (tertiary/aromatic N) is 2. The Bertz CT molecular complexity index is 785. The SMILES string of the molecule is O=C(NCCOc1cccnc1)[C@@H]1CCC(=O)N(Cc2ccccc2F)C1. The summed E-state index contributed by atoms with van der Waals surface area (Å²) in [6.07, 6.45) is 4.06. The topological polar surface area (TPSA) is 71.5 Å². The van der Waals surface area contributed by atoms with E-state index in [4.69, 9.17) is 4.74 Å². The third-order valence-electron chi connectivity index (χ3n) is 4.49. The van der Waals surface area contributed by atoms with Crippen LogP contribution >= 0.6 is 0 Å². The molecule has 142 valence electrons. The predicted molar refractivity (Wildman–Crippen MR) is 97.3 cm³/mol. The van der Waals surface area contributed by atoms with E-state index in [1.54, 1.807) is 47.6 Å². The van der Waals surface area contributed by atoms with E-state index in [-0.39, 0.29) is 30.1 Å². The molecule has 6 nitrogen and oxygen atoms in total. The van der Waals surface area contributed by atoms with Crippen LogP contribution in [0.25, 0.3) is 0 Å². The number of hydrogen-bond acceptors (Lipinski definition) is 4. The van der Waals surface area contributed by atoms with Gasteiger partial charge in [-0.05, 0) is 24.6 Å². The number of pyridine rings is 1. The Morgan fingerprint density at radius 2 is 2.15 bits per heavy atom. The van der Waals surface area contributed by atoms with Crippen LogP contribution < -0.4 is 10.1 Å². The van der Waals surface area contributed by atoms with Gasteiger partial charge in [-0.25, -0.2) is 4.39 Å². The maximum atomic E-state index is 13.8. The first kappa shape index (κ1) is 18.8. The van der Waals surface area contributed by atoms with Crippen LogP contribution in [0, 0.1) is 11.7 Å². The van der Waals surface area contributed by atoms with Crippen molar-refractivity contribution in [2.75, 3.05) is 19.7 Å². The Balaban J connectivity index is 1.47. The molecule has 2 aromatic rings. The number of benzene rings is 1. The number of carbonyl (C=O) groups is 2. The molecule has 2 amide bonds. The molecule has 7 heteroatoms. The molecule has 1 aliphatic heterocycles. The highest BCUT2D eigenvalue weighted by Crippen LogP contribution is 2.21. The van der Waals surface area contributed by atoms with Crippen molar-refractivity contribution in [1.29, 1.82) is 0 Å². The molecule has 0 spiro atoms. The molecule has 1 fully saturated rings. The summed E-state index contributed by atoms with van der Waals surface area (Å²) in [6.45, 7) is 1.18. The van der Waals surface area contributed by atoms with E-state index in [1.165, 1.54) is 6.07 Å². The van der Waals surface area contributed by atoms with E-state index in [9.17, 15) is 14.0 Å². The number of hydrogen-bond donors (Lipinski definition) is 1. The van der Waals surface area contributed by atoms with Crippen molar-refractivity contribution in [3.05, 3.63) is 60.2 Å². The molecular formula is C20H22FN3O3. The number of piperidine rings is 1. The van der Waals surface area contributed by atoms with Gasteiger partial charge in [0, 0.05) is 31.3 Å². The van der Waals surface area contributed by atoms with Gasteiger partial charge in [-0.15, -0.1) is 0 Å². The maximum absolute atomic E-state index is 13.8. The van der Waals surface area contributed by atoms with Gasteiger partial charge in [0.2, 0.25) is 11.8 Å². The highest BCUT2D eigenvalue weighted by molar-refractivity contribution is 5.83. The quantitative estimate of drug-likeness (QED) is 0.757. The fraction of sp³-hybridized carbons (Fsp3) is 0.350. The van der Waals surface area contributed by atoms with Crippen LogP contribution in [0.5, 0.6) is 5.75 Å². The van der Waals surface area contributed by atoms with Gasteiger partial charge in [-0.1, -0.05) is 18.2 Å². The van der Waals surface area contributed by atoms with Crippen molar-refractivity contribution in [3.63, 3.8) is 0 Å². The Labute approximate surface area is 157 Å². The molecule has 0 bridgehead atoms. The summed E-state index contributed by atoms with van der Waals surface area (Å²) in [7, 11) is 0. The van der Waals surface area contributed by atoms with Gasteiger partial charge < -0.3 is 15.0 Å². The lowest BCUT2D eigenvalue weighted by Gasteiger charge is -2.32. The molecule has 0 saturated carbocycles. The fourth-order valence-electron chi connectivity index (χ4n) is 3.03. The zero-order valence-electron chi connectivity index (χ0n) is 14.9. The number of ether oxygens (including phenoxy) is 1. The molecule has 2 heterocycles. The number of carbonyl (C=O) groups excluding carboxylic acids is 2. The second-order valence-electron chi connectivity index (χ2n) is 6.43. The van der Waals surface area contributed by atoms with Crippen LogP contribution in [0.3, 0.4) is 0 Å². The number of likely N-dealkylation sites (tertiary alicyclic amines) is 1. The molecule has 1 atom stereocenters. The summed E-state index contributed by atoms with van der Waals surface area (Å²) < 4.78 is 19.3. The summed E-state index contributed by atoms with van der Waals surface area (Å²) in [4.78, 5) is 30.0. The Hall–Kier alpha value is -2.96. The van der Waals surface area contributed by atoms with E-state index in [0.29, 0.717) is 43.9 Å². The van der Waals surface area contributed by atoms with Gasteiger partial charge in [0.05, 0.1) is 18.7 Å². The average molecular weight is 371 g/mol. The largest absolute Gasteiger partial charge is 0.490 e. The van der Waals surface area contributed by atoms with Crippen molar-refractivity contribution in [3.8, 4) is 5.75 Å². The summed E-state index contributed by atoms with van der Waals surface area (Å²) in [5, 5.41) is 2.84. The van der Waals surface area contributed by atoms with Crippen molar-refractivity contribution < 1.29 is 18.7 Å². The first-order chi connectivity index (χ1) is 13.1. The van der Waals surface area contributed by atoms with Gasteiger partial charge in [-0.2, -0.15) is 0 Å². The normalized spacial score (nSPS) is 16.9. The molecule has 1 saturated heterocycles. The van der Waals surface area contributed by atoms with E-state index in [1.807, 2.05) is 0 Å². The van der Waals surface area contributed by atoms with Crippen LogP contribution in [0.4, 0.5) is 4.39 Å². The van der Waals surface area contributed by atoms with Crippen LogP contribution in [0.15, 0.2) is 48.8 Å². The highest BCUT2D eigenvalue weighted by Gasteiger charge is 2.30. The van der Waals surface area contributed by atoms with Crippen LogP contribution in [0.1, 0.15) is 18.4 Å². The van der Waals surface area contributed by atoms with Gasteiger partial charge >= 0.3 is 0 Å². The Morgan fingerprint density at radius 1 is 1.30 bits per heavy atom. The summed E-state index contributed by atoms with van der Waals surface area (Å²) >= 11 is 0. The summed E-state index contributed by atoms with van der Waals surface area (Å²) in [5.41, 5.74) is 0.455. The maximum Gasteiger partial charge on any atom is 0.225 e. The second kappa shape index (κ2) is 9.12. The first-order valence-corrected chi connectivity index (χ1v) is 8.95. The molecule has 0 aliphatic carbocycles. The molecule has 3 rings (SSSR count). The minimum absolute atomic E-state index is 0.0535. The number of aromatic nitrogens is 1. The van der Waals surface area contributed by atoms with E-state index < -0.39 is 0 Å². The van der Waals surface area contributed by atoms with Crippen molar-refractivity contribution in [2.24, 2.45) is 5.92 Å². The first-order valence-electron chi connectivity index (χ1n) is 8.95. The van der Waals surface area contributed by atoms with Crippen molar-refractivity contribution >= 4 is 11.8 Å². The average Bonchev–Trinajstić information content (AvgIpc) is 2.69. The molecular weight excluding hydrogens is 349 g/mol. The van der Waals surface area contributed by atoms with Gasteiger partial charge in [0.1, 0.15) is 18.2 Å². The summed E-state index contributed by atoms with van der Waals surface area (Å²) in [5.74, 6) is -0.165. The van der Waals surface area contributed by atoms with Crippen LogP contribution in [-0.4, -0.2) is 41.4 Å². The van der Waals surface area contributed by atoms with Crippen LogP contribution in [0.2, 0.25) is 0 Å². The van der Waals surface area contributed by atoms with Crippen molar-refractivity contribution in [1.82, 2.24) is 15.2 Å². The molecule has 0 radical (unpaired) electrons. The van der Waals surface area contributed by atoms with Gasteiger partial charge in [-0.3, -0.25) is 14.6 Å². The van der Waals surface area contributed by atoms with E-state index >= 15 is 0 Å². The van der Waals surface area contributed by atoms with E-state index in [2.05, 4.69) is 10.3 Å². The lowest BCUT2D eigenvalue weighted by Crippen LogP contribution is -2.46. The number of amides is 2. The lowest BCUT2D eigenvalue weighted by molar-refractivity contribution is -0.139. The number of halogens is 1. The molecule has 1 aliphatic rings. The molecule has 27 heavy (non-hydrogen) atoms. The monoisotopic (exact) mass is 371 g/mol. The van der Waals surface area contributed by atoms with Crippen molar-refractivity contribution in [2.45, 2.75) is 19.4 Å². The predicted octanol–water partition coefficient (Wildman–Crippen LogP) is 2.15. The summed E-state index contributed by atoms with van der Waals surface area (Å²) in [6, 6.07) is 9.94. The minimum Gasteiger partial charge on any atom is -0.490 e. The fourth-order valence-corrected chi connectivity index (χ4v) is 3.03. The molecule has 1 aromatic carbocycles. The van der Waals surface area contributed by atoms with Gasteiger partial charge in [0.25, 0.3) is 0 Å². The standard InChI is InChI=1S/C20H22FN3O3/c21-18-6-2-1-4-15(18)13-24-14-16(7-8-19(24)25)20(26)23-10-11-27-17-5-3-9-22-12-17/h1-6,9,12,16H,7-8,10-11,13-14H2,(H,23,26)/t16-/m1/s1. The molecule has 0 unspecified atom stereocenters. The molecule has 1 N–H and O–H groups in total. The highest BCUT2D eigenvalue weighted by atomic mass is 19.1. The zero-order chi connectivity index (χ0) is 19.1. The minimum atomic E-state index is -0.343.